The average molecular weight is 562 g/mol. The molecule has 0 heterocycles. The standard InChI is InChI=1S/C29H55NO9/c1-3-4-5-6-7-10-13-16-37-26-28(39-17-14-11-8-9-12-15-29(31)30-32)27-38-25-24-36-23-22-35-21-20-34-19-18-33-2/h3,28H,1,4-27H2,2H3. The Morgan fingerprint density at radius 2 is 1.13 bits per heavy atom. The van der Waals surface area contributed by atoms with Gasteiger partial charge in [0, 0.05) is 31.9 Å². The minimum Gasteiger partial charge on any atom is -0.382 e. The molecule has 0 N–H and O–H groups in total. The summed E-state index contributed by atoms with van der Waals surface area (Å²) in [7, 11) is 1.65. The Labute approximate surface area is 236 Å². The van der Waals surface area contributed by atoms with Crippen LogP contribution in [0.1, 0.15) is 77.0 Å². The normalized spacial score (nSPS) is 12.0. The van der Waals surface area contributed by atoms with Crippen LogP contribution < -0.4 is 0 Å². The first kappa shape index (κ1) is 37.7. The van der Waals surface area contributed by atoms with Gasteiger partial charge in [0.15, 0.2) is 0 Å². The number of amides is 1. The van der Waals surface area contributed by atoms with Gasteiger partial charge < -0.3 is 33.2 Å². The number of carbonyl (C=O) groups excluding carboxylic acids is 1. The van der Waals surface area contributed by atoms with Gasteiger partial charge in [0.25, 0.3) is 5.91 Å². The van der Waals surface area contributed by atoms with Crippen LogP contribution in [0, 0.1) is 4.91 Å². The van der Waals surface area contributed by atoms with Gasteiger partial charge in [-0.15, -0.1) is 11.5 Å². The molecule has 10 nitrogen and oxygen atoms in total. The summed E-state index contributed by atoms with van der Waals surface area (Å²) in [6.07, 6.45) is 13.7. The van der Waals surface area contributed by atoms with Gasteiger partial charge in [0.2, 0.25) is 0 Å². The Kier molecular flexibility index (Phi) is 31.9. The predicted molar refractivity (Wildman–Crippen MR) is 152 cm³/mol. The Hall–Kier alpha value is -1.27. The van der Waals surface area contributed by atoms with Crippen LogP contribution in [-0.2, 0) is 38.0 Å². The number of unbranched alkanes of at least 4 members (excludes halogenated alkanes) is 9. The van der Waals surface area contributed by atoms with Crippen LogP contribution in [0.2, 0.25) is 0 Å². The van der Waals surface area contributed by atoms with Gasteiger partial charge in [-0.25, -0.2) is 0 Å². The Balaban J connectivity index is 3.90. The van der Waals surface area contributed by atoms with Crippen LogP contribution in [0.5, 0.6) is 0 Å². The van der Waals surface area contributed by atoms with E-state index in [9.17, 15) is 9.70 Å². The number of hydrogen-bond donors (Lipinski definition) is 0. The molecule has 10 heteroatoms. The maximum Gasteiger partial charge on any atom is 0.286 e. The number of nitrogens with zero attached hydrogens (tertiary/aromatic N) is 1. The number of allylic oxidation sites excluding steroid dienone is 1. The summed E-state index contributed by atoms with van der Waals surface area (Å²) in [5, 5.41) is 2.42. The molecule has 0 saturated carbocycles. The fourth-order valence-electron chi connectivity index (χ4n) is 3.60. The van der Waals surface area contributed by atoms with E-state index in [1.807, 2.05) is 6.08 Å². The van der Waals surface area contributed by atoms with Crippen molar-refractivity contribution in [2.24, 2.45) is 5.18 Å². The summed E-state index contributed by atoms with van der Waals surface area (Å²) < 4.78 is 38.9. The van der Waals surface area contributed by atoms with Crippen molar-refractivity contribution in [2.75, 3.05) is 86.4 Å². The molecular weight excluding hydrogens is 506 g/mol. The number of carbonyl (C=O) groups is 1. The van der Waals surface area contributed by atoms with Crippen LogP contribution in [0.4, 0.5) is 0 Å². The van der Waals surface area contributed by atoms with Crippen molar-refractivity contribution in [1.82, 2.24) is 0 Å². The molecule has 230 valence electrons. The average Bonchev–Trinajstić information content (AvgIpc) is 2.95. The summed E-state index contributed by atoms with van der Waals surface area (Å²) >= 11 is 0. The highest BCUT2D eigenvalue weighted by molar-refractivity contribution is 5.76. The van der Waals surface area contributed by atoms with Gasteiger partial charge in [0.1, 0.15) is 6.10 Å². The summed E-state index contributed by atoms with van der Waals surface area (Å²) in [4.78, 5) is 21.0. The molecule has 0 bridgehead atoms. The first-order valence-electron chi connectivity index (χ1n) is 14.7. The predicted octanol–water partition coefficient (Wildman–Crippen LogP) is 5.26. The SMILES string of the molecule is C=CCCCCCCCOCC(COCCOCCOCCOCCOC)OCCCCCCCC(=O)N=O. The third-order valence-electron chi connectivity index (χ3n) is 5.84. The van der Waals surface area contributed by atoms with Crippen molar-refractivity contribution in [1.29, 1.82) is 0 Å². The van der Waals surface area contributed by atoms with E-state index in [-0.39, 0.29) is 12.5 Å². The largest absolute Gasteiger partial charge is 0.382 e. The van der Waals surface area contributed by atoms with E-state index in [4.69, 9.17) is 33.2 Å². The lowest BCUT2D eigenvalue weighted by Crippen LogP contribution is -2.27. The maximum atomic E-state index is 10.9. The monoisotopic (exact) mass is 561 g/mol. The highest BCUT2D eigenvalue weighted by atomic mass is 16.6. The maximum absolute atomic E-state index is 10.9. The lowest BCUT2D eigenvalue weighted by atomic mass is 10.1. The summed E-state index contributed by atoms with van der Waals surface area (Å²) in [6, 6.07) is 0. The topological polar surface area (TPSA) is 111 Å². The second-order valence-electron chi connectivity index (χ2n) is 9.32. The lowest BCUT2D eigenvalue weighted by molar-refractivity contribution is -0.118. The Morgan fingerprint density at radius 1 is 0.641 bits per heavy atom. The van der Waals surface area contributed by atoms with Crippen LogP contribution in [0.3, 0.4) is 0 Å². The fourth-order valence-corrected chi connectivity index (χ4v) is 3.60. The molecule has 0 saturated heterocycles. The highest BCUT2D eigenvalue weighted by Gasteiger charge is 2.10. The van der Waals surface area contributed by atoms with Crippen LogP contribution in [-0.4, -0.2) is 98.4 Å². The third kappa shape index (κ3) is 31.1. The first-order chi connectivity index (χ1) is 19.2. The van der Waals surface area contributed by atoms with Crippen molar-refractivity contribution < 1.29 is 38.0 Å². The van der Waals surface area contributed by atoms with Gasteiger partial charge in [-0.3, -0.25) is 4.79 Å². The number of hydrogen-bond acceptors (Lipinski definition) is 9. The second-order valence-corrected chi connectivity index (χ2v) is 9.32. The molecule has 0 radical (unpaired) electrons. The third-order valence-corrected chi connectivity index (χ3v) is 5.84. The van der Waals surface area contributed by atoms with Gasteiger partial charge in [-0.2, -0.15) is 0 Å². The van der Waals surface area contributed by atoms with E-state index in [0.29, 0.717) is 79.1 Å². The molecule has 1 amide bonds. The molecule has 0 aliphatic carbocycles. The van der Waals surface area contributed by atoms with Gasteiger partial charge >= 0.3 is 0 Å². The van der Waals surface area contributed by atoms with Gasteiger partial charge in [0.05, 0.1) is 66.1 Å². The molecule has 39 heavy (non-hydrogen) atoms. The minimum atomic E-state index is -0.563. The molecule has 0 aromatic rings. The smallest absolute Gasteiger partial charge is 0.286 e. The molecule has 0 aromatic carbocycles. The molecule has 0 aromatic heterocycles. The number of ether oxygens (including phenoxy) is 7. The zero-order valence-corrected chi connectivity index (χ0v) is 24.5. The molecule has 1 unspecified atom stereocenters. The van der Waals surface area contributed by atoms with Crippen molar-refractivity contribution in [2.45, 2.75) is 83.2 Å². The second kappa shape index (κ2) is 32.9. The van der Waals surface area contributed by atoms with E-state index in [1.54, 1.807) is 7.11 Å². The number of methoxy groups -OCH3 is 1. The molecule has 1 atom stereocenters. The van der Waals surface area contributed by atoms with E-state index >= 15 is 0 Å². The number of nitroso groups, excluding NO2 is 1. The molecular formula is C29H55NO9. The van der Waals surface area contributed by atoms with Gasteiger partial charge in [-0.05, 0) is 32.1 Å². The molecule has 0 aliphatic rings. The summed E-state index contributed by atoms with van der Waals surface area (Å²) in [5.74, 6) is -0.563. The van der Waals surface area contributed by atoms with Crippen molar-refractivity contribution in [3.05, 3.63) is 17.6 Å². The van der Waals surface area contributed by atoms with Crippen molar-refractivity contribution >= 4 is 5.91 Å². The number of rotatable bonds is 33. The zero-order chi connectivity index (χ0) is 28.5. The molecule has 0 rings (SSSR count). The highest BCUT2D eigenvalue weighted by Crippen LogP contribution is 2.08. The van der Waals surface area contributed by atoms with E-state index < -0.39 is 5.91 Å². The Morgan fingerprint density at radius 3 is 1.72 bits per heavy atom. The quantitative estimate of drug-likeness (QED) is 0.0601. The zero-order valence-electron chi connectivity index (χ0n) is 24.5. The lowest BCUT2D eigenvalue weighted by Gasteiger charge is -2.18. The van der Waals surface area contributed by atoms with Crippen LogP contribution in [0.15, 0.2) is 17.8 Å². The van der Waals surface area contributed by atoms with Crippen molar-refractivity contribution in [3.8, 4) is 0 Å². The van der Waals surface area contributed by atoms with Gasteiger partial charge in [-0.1, -0.05) is 44.6 Å². The van der Waals surface area contributed by atoms with Crippen molar-refractivity contribution in [3.63, 3.8) is 0 Å². The Bertz CT molecular complexity index is 537. The molecule has 0 aliphatic heterocycles. The minimum absolute atomic E-state index is 0.115. The van der Waals surface area contributed by atoms with E-state index in [1.165, 1.54) is 25.7 Å². The first-order valence-corrected chi connectivity index (χ1v) is 14.7. The summed E-state index contributed by atoms with van der Waals surface area (Å²) in [6.45, 7) is 10.4. The van der Waals surface area contributed by atoms with E-state index in [0.717, 1.165) is 45.1 Å². The van der Waals surface area contributed by atoms with Crippen LogP contribution >= 0.6 is 0 Å². The fraction of sp³-hybridized carbons (Fsp3) is 0.897. The van der Waals surface area contributed by atoms with Crippen LogP contribution in [0.25, 0.3) is 0 Å². The van der Waals surface area contributed by atoms with E-state index in [2.05, 4.69) is 11.8 Å². The molecule has 0 fully saturated rings. The summed E-state index contributed by atoms with van der Waals surface area (Å²) in [5.41, 5.74) is 0. The molecule has 0 spiro atoms.